The third kappa shape index (κ3) is 18.7. The second-order valence-electron chi connectivity index (χ2n) is 19.5. The molecule has 0 aliphatic rings. The fourth-order valence-corrected chi connectivity index (χ4v) is 10.4. The molecule has 520 valence electrons. The van der Waals surface area contributed by atoms with Crippen molar-refractivity contribution in [1.29, 1.82) is 0 Å². The summed E-state index contributed by atoms with van der Waals surface area (Å²) in [6, 6.07) is 16.0. The van der Waals surface area contributed by atoms with Gasteiger partial charge in [-0.2, -0.15) is 8.42 Å². The molecule has 99 heavy (non-hydrogen) atoms. The summed E-state index contributed by atoms with van der Waals surface area (Å²) in [5.74, 6) is -4.66. The number of aryl methyl sites for hydroxylation is 4. The number of nitrogens with zero attached hydrogens (tertiary/aromatic N) is 19. The molecule has 46 heteroatoms. The Morgan fingerprint density at radius 2 is 0.788 bits per heavy atom. The number of halogens is 9. The second-order valence-corrected chi connectivity index (χ2v) is 24.5. The molecular weight excluding hydrogens is 1730 g/mol. The first kappa shape index (κ1) is 75.5. The molecule has 0 aliphatic heterocycles. The number of azide groups is 1. The Kier molecular flexibility index (Phi) is 26.7. The summed E-state index contributed by atoms with van der Waals surface area (Å²) >= 11 is 12.3. The number of aromatic nitrogens is 16. The first-order valence-electron chi connectivity index (χ1n) is 27.7. The van der Waals surface area contributed by atoms with Gasteiger partial charge in [-0.3, -0.25) is 22.3 Å². The molecule has 0 amide bonds. The van der Waals surface area contributed by atoms with E-state index in [1.165, 1.54) is 72.8 Å². The van der Waals surface area contributed by atoms with Gasteiger partial charge in [-0.05, 0) is 221 Å². The van der Waals surface area contributed by atoms with Crippen LogP contribution in [-0.2, 0) is 40.0 Å². The van der Waals surface area contributed by atoms with Crippen LogP contribution in [0.15, 0.2) is 152 Å². The van der Waals surface area contributed by atoms with Gasteiger partial charge in [-0.1, -0.05) is 46.4 Å². The monoisotopic (exact) mass is 1770 g/mol. The highest BCUT2D eigenvalue weighted by Crippen LogP contribution is 2.30. The minimum Gasteiger partial charge on any atom is -0.396 e. The lowest BCUT2D eigenvalue weighted by Gasteiger charge is -2.04. The standard InChI is InChI=1S/C14H12BrFN4O6S.C13H9BrFN7O3.C13H11BrFN5O3.C13H10BrFN4O4.HI/c1-27(22,23)24-6-2-3-11-12(18-26-17-11)13-19-25-14(21)20(13)8-4-5-10(16)9(15)7-8;14-8-6-7(3-4-9(8)15)22-12(20-24-13(22)23)11-10(18-25-19-11)2-1-5-17-21-16;14-8-6-7(3-4-9(8)15)20-12(19-22-13(20)21)11-10(2-1-5-16)17-23-18-11;14-8-6-7(3-4-9(8)15)19-12(18-22-13(19)21)11-10(2-1-5-20)16-23-17-11;/h4-5,7H,2-3,6H2,1H3;3-4,6H,1-2,5H2;3-4,6H,1-2,5,16H2;3-4,6,20H,1-2,5H2;1H. The van der Waals surface area contributed by atoms with E-state index in [9.17, 15) is 45.2 Å². The van der Waals surface area contributed by atoms with E-state index in [0.717, 1.165) is 24.5 Å². The van der Waals surface area contributed by atoms with E-state index < -0.39 is 56.4 Å². The second kappa shape index (κ2) is 35.0. The lowest BCUT2D eigenvalue weighted by molar-refractivity contribution is 0.282. The van der Waals surface area contributed by atoms with Crippen molar-refractivity contribution in [2.75, 3.05) is 32.6 Å². The summed E-state index contributed by atoms with van der Waals surface area (Å²) in [5.41, 5.74) is 17.7. The van der Waals surface area contributed by atoms with E-state index >= 15 is 0 Å². The van der Waals surface area contributed by atoms with Gasteiger partial charge in [0.05, 0.1) is 53.5 Å². The normalized spacial score (nSPS) is 11.1. The highest BCUT2D eigenvalue weighted by molar-refractivity contribution is 14.0. The summed E-state index contributed by atoms with van der Waals surface area (Å²) in [6.07, 6.45) is 4.44. The van der Waals surface area contributed by atoms with Gasteiger partial charge in [0.15, 0.2) is 22.8 Å². The van der Waals surface area contributed by atoms with Crippen LogP contribution in [0.25, 0.3) is 79.3 Å². The number of aliphatic hydroxyl groups excluding tert-OH is 1. The number of benzene rings is 4. The van der Waals surface area contributed by atoms with Crippen molar-refractivity contribution in [3.05, 3.63) is 189 Å². The molecule has 0 saturated heterocycles. The van der Waals surface area contributed by atoms with Crippen LogP contribution in [0.4, 0.5) is 17.6 Å². The Hall–Kier alpha value is -9.29. The van der Waals surface area contributed by atoms with E-state index in [2.05, 4.69) is 140 Å². The van der Waals surface area contributed by atoms with Gasteiger partial charge in [0.1, 0.15) is 46.0 Å². The van der Waals surface area contributed by atoms with Gasteiger partial charge in [-0.15, -0.1) is 24.0 Å². The van der Waals surface area contributed by atoms with Crippen molar-refractivity contribution >= 4 is 97.8 Å². The molecule has 0 atom stereocenters. The topological polar surface area (TPSA) is 486 Å². The van der Waals surface area contributed by atoms with Crippen LogP contribution in [-0.4, -0.2) is 126 Å². The predicted molar refractivity (Wildman–Crippen MR) is 352 cm³/mol. The molecule has 0 spiro atoms. The van der Waals surface area contributed by atoms with Crippen LogP contribution in [0.2, 0.25) is 0 Å². The number of hydrogen-bond donors (Lipinski definition) is 2. The summed E-state index contributed by atoms with van der Waals surface area (Å²) < 4.78 is 123. The summed E-state index contributed by atoms with van der Waals surface area (Å²) in [4.78, 5) is 50.7. The molecule has 3 N–H and O–H groups in total. The molecule has 8 aromatic heterocycles. The minimum absolute atomic E-state index is 0. The fourth-order valence-electron chi connectivity index (χ4n) is 8.49. The van der Waals surface area contributed by atoms with Gasteiger partial charge in [-0.25, -0.2) is 73.5 Å². The molecule has 4 aromatic carbocycles. The van der Waals surface area contributed by atoms with E-state index in [-0.39, 0.29) is 114 Å². The molecule has 0 fully saturated rings. The molecule has 36 nitrogen and oxygen atoms in total. The zero-order valence-electron chi connectivity index (χ0n) is 49.9. The van der Waals surface area contributed by atoms with Crippen LogP contribution >= 0.6 is 87.7 Å². The molecule has 12 rings (SSSR count). The number of hydrogen-bond acceptors (Lipinski definition) is 30. The van der Waals surface area contributed by atoms with Gasteiger partial charge in [0.25, 0.3) is 10.1 Å². The maximum absolute atomic E-state index is 13.5. The van der Waals surface area contributed by atoms with E-state index in [1.807, 2.05) is 0 Å². The molecule has 0 bridgehead atoms. The molecule has 8 heterocycles. The fraction of sp³-hybridized carbons (Fsp3) is 0.245. The van der Waals surface area contributed by atoms with Crippen molar-refractivity contribution in [2.45, 2.75) is 51.4 Å². The van der Waals surface area contributed by atoms with Gasteiger partial charge in [0, 0.05) is 18.1 Å². The number of nitrogens with two attached hydrogens (primary N) is 1. The van der Waals surface area contributed by atoms with Crippen LogP contribution in [0.5, 0.6) is 0 Å². The quantitative estimate of drug-likeness (QED) is 0.0115. The molecule has 12 aromatic rings. The lowest BCUT2D eigenvalue weighted by Crippen LogP contribution is -2.14. The van der Waals surface area contributed by atoms with E-state index in [0.29, 0.717) is 97.0 Å². The summed E-state index contributed by atoms with van der Waals surface area (Å²) in [7, 11) is -3.54. The Labute approximate surface area is 598 Å². The molecular formula is C53H43Br4F4IN20O16S. The van der Waals surface area contributed by atoms with E-state index in [4.69, 9.17) is 53.0 Å². The lowest BCUT2D eigenvalue weighted by atomic mass is 10.2. The van der Waals surface area contributed by atoms with Crippen LogP contribution in [0.1, 0.15) is 48.5 Å². The van der Waals surface area contributed by atoms with Crippen molar-refractivity contribution in [2.24, 2.45) is 10.8 Å². The minimum atomic E-state index is -3.54. The Morgan fingerprint density at radius 1 is 0.495 bits per heavy atom. The largest absolute Gasteiger partial charge is 0.446 e. The zero-order chi connectivity index (χ0) is 70.2. The Bertz CT molecular complexity index is 5030. The average molecular weight is 1770 g/mol. The Balaban J connectivity index is 0.000000168. The summed E-state index contributed by atoms with van der Waals surface area (Å²) in [6.45, 7) is 0.673. The Morgan fingerprint density at radius 3 is 1.06 bits per heavy atom. The first-order valence-corrected chi connectivity index (χ1v) is 32.7. The van der Waals surface area contributed by atoms with Crippen molar-refractivity contribution in [3.63, 3.8) is 0 Å². The average Bonchev–Trinajstić information content (AvgIpc) is 1.69. The third-order valence-electron chi connectivity index (χ3n) is 12.9. The van der Waals surface area contributed by atoms with Crippen LogP contribution in [0, 0.1) is 23.3 Å². The smallest absolute Gasteiger partial charge is 0.396 e. The SMILES string of the molecule is CS(=O)(=O)OCCCc1nonc1-c1noc(=O)n1-c1ccc(F)c(Br)c1.I.NCCCc1nonc1-c1noc(=O)n1-c1ccc(F)c(Br)c1.O=c1onc(-c2nonc2CCCO)n1-c1ccc(F)c(Br)c1.[N-]=[N+]=NCCCc1nonc1-c1noc(=O)n1-c1ccc(F)c(Br)c1. The zero-order valence-corrected chi connectivity index (χ0v) is 59.4. The highest BCUT2D eigenvalue weighted by atomic mass is 127. The highest BCUT2D eigenvalue weighted by Gasteiger charge is 2.27. The van der Waals surface area contributed by atoms with Crippen molar-refractivity contribution < 1.29 is 71.9 Å². The first-order chi connectivity index (χ1) is 47.1. The van der Waals surface area contributed by atoms with Gasteiger partial charge in [0.2, 0.25) is 23.3 Å². The van der Waals surface area contributed by atoms with Crippen molar-refractivity contribution in [1.82, 2.24) is 80.1 Å². The molecule has 0 unspecified atom stereocenters. The van der Waals surface area contributed by atoms with Gasteiger partial charge >= 0.3 is 23.0 Å². The number of aliphatic hydroxyl groups is 1. The summed E-state index contributed by atoms with van der Waals surface area (Å²) in [5, 5.41) is 57.3. The maximum Gasteiger partial charge on any atom is 0.446 e. The third-order valence-corrected chi connectivity index (χ3v) is 15.9. The molecule has 0 radical (unpaired) electrons. The maximum atomic E-state index is 13.5. The van der Waals surface area contributed by atoms with E-state index in [1.54, 1.807) is 0 Å². The van der Waals surface area contributed by atoms with Crippen molar-refractivity contribution in [3.8, 4) is 68.8 Å². The van der Waals surface area contributed by atoms with Crippen LogP contribution in [0.3, 0.4) is 0 Å². The predicted octanol–water partition coefficient (Wildman–Crippen LogP) is 8.69. The molecule has 0 aliphatic carbocycles. The van der Waals surface area contributed by atoms with Gasteiger partial charge < -0.3 is 10.8 Å². The van der Waals surface area contributed by atoms with Crippen LogP contribution < -0.4 is 28.8 Å². The number of rotatable bonds is 23. The molecule has 0 saturated carbocycles.